The van der Waals surface area contributed by atoms with Gasteiger partial charge in [-0.1, -0.05) is 23.9 Å². The summed E-state index contributed by atoms with van der Waals surface area (Å²) in [7, 11) is -3.12. The van der Waals surface area contributed by atoms with Crippen LogP contribution in [0.5, 0.6) is 0 Å². The number of carboxylic acid groups (broad SMARTS) is 1. The third-order valence-electron chi connectivity index (χ3n) is 4.46. The van der Waals surface area contributed by atoms with Crippen LogP contribution in [0, 0.1) is 13.8 Å². The molecule has 2 fully saturated rings. The molecule has 0 saturated carbocycles. The number of rotatable bonds is 4. The van der Waals surface area contributed by atoms with Crippen LogP contribution in [0.4, 0.5) is 5.69 Å². The predicted octanol–water partition coefficient (Wildman–Crippen LogP) is 1.77. The van der Waals surface area contributed by atoms with E-state index in [0.717, 1.165) is 16.8 Å². The van der Waals surface area contributed by atoms with Gasteiger partial charge in [0.2, 0.25) is 5.91 Å². The number of sulfone groups is 1. The van der Waals surface area contributed by atoms with E-state index in [2.05, 4.69) is 4.99 Å². The van der Waals surface area contributed by atoms with Crippen LogP contribution in [0.2, 0.25) is 0 Å². The second-order valence-electron chi connectivity index (χ2n) is 6.64. The number of anilines is 1. The molecule has 2 aliphatic heterocycles. The third kappa shape index (κ3) is 3.93. The summed E-state index contributed by atoms with van der Waals surface area (Å²) in [6, 6.07) is 5.62. The zero-order valence-corrected chi connectivity index (χ0v) is 16.1. The second-order valence-corrected chi connectivity index (χ2v) is 10.0. The van der Waals surface area contributed by atoms with Crippen molar-refractivity contribution >= 4 is 44.3 Å². The maximum absolute atomic E-state index is 12.1. The van der Waals surface area contributed by atoms with Gasteiger partial charge in [0, 0.05) is 17.4 Å². The molecular weight excluding hydrogens is 376 g/mol. The van der Waals surface area contributed by atoms with Crippen LogP contribution in [0.1, 0.15) is 24.0 Å². The number of carboxylic acids is 1. The molecule has 2 saturated heterocycles. The number of aryl methyl sites for hydroxylation is 2. The lowest BCUT2D eigenvalue weighted by molar-refractivity contribution is -0.138. The lowest BCUT2D eigenvalue weighted by atomic mass is 10.1. The summed E-state index contributed by atoms with van der Waals surface area (Å²) < 4.78 is 24.1. The average Bonchev–Trinajstić information content (AvgIpc) is 2.99. The molecular formula is C17H20N2O5S2. The van der Waals surface area contributed by atoms with E-state index in [1.807, 2.05) is 36.9 Å². The molecule has 140 valence electrons. The number of amidine groups is 1. The summed E-state index contributed by atoms with van der Waals surface area (Å²) >= 11 is 1.29. The average molecular weight is 396 g/mol. The first kappa shape index (κ1) is 18.9. The lowest BCUT2D eigenvalue weighted by Gasteiger charge is -2.26. The van der Waals surface area contributed by atoms with E-state index in [1.165, 1.54) is 11.8 Å². The third-order valence-corrected chi connectivity index (χ3v) is 7.67. The van der Waals surface area contributed by atoms with Crippen LogP contribution in [0.15, 0.2) is 23.2 Å². The monoisotopic (exact) mass is 396 g/mol. The summed E-state index contributed by atoms with van der Waals surface area (Å²) in [5.41, 5.74) is 2.83. The van der Waals surface area contributed by atoms with Crippen LogP contribution in [-0.4, -0.2) is 53.4 Å². The van der Waals surface area contributed by atoms with Gasteiger partial charge in [0.05, 0.1) is 24.0 Å². The Kier molecular flexibility index (Phi) is 5.12. The molecule has 9 heteroatoms. The number of carbonyl (C=O) groups is 2. The number of thioether (sulfide) groups is 1. The van der Waals surface area contributed by atoms with Crippen molar-refractivity contribution in [2.75, 3.05) is 16.4 Å². The molecule has 1 amide bonds. The number of aliphatic carboxylic acids is 1. The van der Waals surface area contributed by atoms with Crippen molar-refractivity contribution in [3.8, 4) is 0 Å². The first-order valence-electron chi connectivity index (χ1n) is 8.23. The van der Waals surface area contributed by atoms with Gasteiger partial charge in [0.25, 0.3) is 0 Å². The van der Waals surface area contributed by atoms with E-state index in [1.54, 1.807) is 0 Å². The molecule has 26 heavy (non-hydrogen) atoms. The molecule has 0 aliphatic carbocycles. The fourth-order valence-electron chi connectivity index (χ4n) is 3.20. The summed E-state index contributed by atoms with van der Waals surface area (Å²) in [6.45, 7) is 3.88. The van der Waals surface area contributed by atoms with Gasteiger partial charge in [-0.3, -0.25) is 9.59 Å². The highest BCUT2D eigenvalue weighted by Gasteiger charge is 2.49. The van der Waals surface area contributed by atoms with E-state index >= 15 is 0 Å². The van der Waals surface area contributed by atoms with E-state index in [4.69, 9.17) is 5.11 Å². The standard InChI is InChI=1S/C17H20N2O5S2/c1-10-3-4-11(2)12(7-10)19-13-8-26(23,24)9-14(13)25-17(19)18-15(20)5-6-16(21)22/h3-4,7,13-14H,5-6,8-9H2,1-2H3,(H,21,22)/t13-,14-/m0/s1. The minimum atomic E-state index is -3.12. The highest BCUT2D eigenvalue weighted by atomic mass is 32.2. The number of hydrogen-bond acceptors (Lipinski definition) is 5. The van der Waals surface area contributed by atoms with Crippen molar-refractivity contribution in [1.29, 1.82) is 0 Å². The number of amides is 1. The number of aliphatic imine (C=N–C) groups is 1. The van der Waals surface area contributed by atoms with Crippen molar-refractivity contribution in [3.63, 3.8) is 0 Å². The number of benzene rings is 1. The predicted molar refractivity (Wildman–Crippen MR) is 102 cm³/mol. The Bertz CT molecular complexity index is 894. The minimum Gasteiger partial charge on any atom is -0.481 e. The molecule has 3 rings (SSSR count). The number of fused-ring (bicyclic) bond motifs is 1. The quantitative estimate of drug-likeness (QED) is 0.827. The van der Waals surface area contributed by atoms with E-state index < -0.39 is 21.7 Å². The van der Waals surface area contributed by atoms with E-state index in [-0.39, 0.29) is 35.6 Å². The molecule has 0 spiro atoms. The lowest BCUT2D eigenvalue weighted by Crippen LogP contribution is -2.38. The topological polar surface area (TPSA) is 104 Å². The maximum Gasteiger partial charge on any atom is 0.303 e. The Morgan fingerprint density at radius 1 is 1.27 bits per heavy atom. The molecule has 0 unspecified atom stereocenters. The van der Waals surface area contributed by atoms with Crippen molar-refractivity contribution in [2.24, 2.45) is 4.99 Å². The fraction of sp³-hybridized carbons (Fsp3) is 0.471. The van der Waals surface area contributed by atoms with Crippen molar-refractivity contribution in [1.82, 2.24) is 0 Å². The Morgan fingerprint density at radius 2 is 2.00 bits per heavy atom. The van der Waals surface area contributed by atoms with Crippen LogP contribution in [-0.2, 0) is 19.4 Å². The largest absolute Gasteiger partial charge is 0.481 e. The molecule has 7 nitrogen and oxygen atoms in total. The van der Waals surface area contributed by atoms with Crippen molar-refractivity contribution < 1.29 is 23.1 Å². The fourth-order valence-corrected chi connectivity index (χ4v) is 7.13. The summed E-state index contributed by atoms with van der Waals surface area (Å²) in [5.74, 6) is -1.47. The SMILES string of the molecule is Cc1ccc(C)c(N2C(=NC(=O)CCC(=O)O)S[C@H]3CS(=O)(=O)C[C@@H]32)c1. The first-order chi connectivity index (χ1) is 12.2. The zero-order valence-electron chi connectivity index (χ0n) is 14.5. The molecule has 1 N–H and O–H groups in total. The number of nitrogens with zero attached hydrogens (tertiary/aromatic N) is 2. The van der Waals surface area contributed by atoms with Crippen LogP contribution in [0.3, 0.4) is 0 Å². The first-order valence-corrected chi connectivity index (χ1v) is 10.9. The smallest absolute Gasteiger partial charge is 0.303 e. The normalized spacial score (nSPS) is 25.5. The van der Waals surface area contributed by atoms with Crippen LogP contribution in [0.25, 0.3) is 0 Å². The zero-order chi connectivity index (χ0) is 19.1. The molecule has 0 aromatic heterocycles. The molecule has 0 radical (unpaired) electrons. The minimum absolute atomic E-state index is 0.0282. The van der Waals surface area contributed by atoms with Crippen molar-refractivity contribution in [2.45, 2.75) is 38.0 Å². The van der Waals surface area contributed by atoms with Gasteiger partial charge in [-0.25, -0.2) is 8.42 Å². The number of carbonyl (C=O) groups excluding carboxylic acids is 1. The Balaban J connectivity index is 1.97. The van der Waals surface area contributed by atoms with Gasteiger partial charge >= 0.3 is 5.97 Å². The van der Waals surface area contributed by atoms with Gasteiger partial charge in [0.15, 0.2) is 15.0 Å². The second kappa shape index (κ2) is 7.03. The molecule has 2 heterocycles. The Hall–Kier alpha value is -1.87. The molecule has 0 bridgehead atoms. The molecule has 1 aromatic carbocycles. The van der Waals surface area contributed by atoms with Gasteiger partial charge in [-0.05, 0) is 31.0 Å². The maximum atomic E-state index is 12.1. The molecule has 2 atom stereocenters. The van der Waals surface area contributed by atoms with Crippen molar-refractivity contribution in [3.05, 3.63) is 29.3 Å². The Morgan fingerprint density at radius 3 is 2.69 bits per heavy atom. The van der Waals surface area contributed by atoms with Gasteiger partial charge in [-0.2, -0.15) is 4.99 Å². The van der Waals surface area contributed by atoms with E-state index in [9.17, 15) is 18.0 Å². The summed E-state index contributed by atoms with van der Waals surface area (Å²) in [5, 5.41) is 9.01. The summed E-state index contributed by atoms with van der Waals surface area (Å²) in [6.07, 6.45) is -0.446. The highest BCUT2D eigenvalue weighted by molar-refractivity contribution is 8.16. The van der Waals surface area contributed by atoms with Gasteiger partial charge < -0.3 is 10.0 Å². The van der Waals surface area contributed by atoms with Crippen LogP contribution >= 0.6 is 11.8 Å². The van der Waals surface area contributed by atoms with Crippen LogP contribution < -0.4 is 4.90 Å². The molecule has 2 aliphatic rings. The van der Waals surface area contributed by atoms with E-state index in [0.29, 0.717) is 5.17 Å². The van der Waals surface area contributed by atoms with Gasteiger partial charge in [-0.15, -0.1) is 0 Å². The molecule has 1 aromatic rings. The summed E-state index contributed by atoms with van der Waals surface area (Å²) in [4.78, 5) is 28.7. The number of hydrogen-bond donors (Lipinski definition) is 1. The Labute approximate surface area is 156 Å². The van der Waals surface area contributed by atoms with Gasteiger partial charge in [0.1, 0.15) is 0 Å². The highest BCUT2D eigenvalue weighted by Crippen LogP contribution is 2.42.